The van der Waals surface area contributed by atoms with Gasteiger partial charge in [0.05, 0.1) is 19.8 Å². The van der Waals surface area contributed by atoms with Gasteiger partial charge in [0.15, 0.2) is 12.6 Å². The van der Waals surface area contributed by atoms with Gasteiger partial charge in [0.2, 0.25) is 6.29 Å². The lowest BCUT2D eigenvalue weighted by molar-refractivity contribution is -0.378. The van der Waals surface area contributed by atoms with E-state index in [1.54, 1.807) is 12.1 Å². The zero-order valence-electron chi connectivity index (χ0n) is 32.0. The Labute approximate surface area is 325 Å². The number of aromatic hydroxyl groups is 1. The van der Waals surface area contributed by atoms with Crippen LogP contribution in [0.1, 0.15) is 69.9 Å². The SMILES string of the molecule is C=C(C)C1CCC(C)=C[C@H]1c1c(O)cc(CCCCC)cc1O[C@@H]1O[C@H](CO)[C@@H](O)[C@H](O[C@@H]2O[C@H](CO)[C@@H](O)[C@H](O[C@@H]3O[C@H](CO)[C@@H](O)[C@H](O)[C@H]3O)[C@H]2O)[C@H]1O. The van der Waals surface area contributed by atoms with Gasteiger partial charge in [-0.2, -0.15) is 0 Å². The Kier molecular flexibility index (Phi) is 15.7. The predicted octanol–water partition coefficient (Wildman–Crippen LogP) is -1.03. The lowest BCUT2D eigenvalue weighted by Crippen LogP contribution is -2.67. The standard InChI is InChI=1S/C39H60O17/c1-5-6-7-8-19-12-22(43)27(21-11-18(4)9-10-20(21)17(2)3)23(13-19)51-38-33(49)35(29(45)25(15-41)53-38)56-39-34(50)36(30(46)26(16-42)54-39)55-37-32(48)31(47)28(44)24(14-40)52-37/h11-13,20-21,24-26,28-50H,2,5-10,14-16H2,1,3-4H3/t20?,21-,24-,25-,26-,28-,29-,30-,31+,32-,33-,34-,35+,36+,37+,38-,39+/m1/s1. The molecule has 56 heavy (non-hydrogen) atoms. The van der Waals surface area contributed by atoms with Crippen LogP contribution < -0.4 is 4.74 Å². The summed E-state index contributed by atoms with van der Waals surface area (Å²) in [6.45, 7) is 7.82. The molecule has 318 valence electrons. The quantitative estimate of drug-likeness (QED) is 0.0747. The summed E-state index contributed by atoms with van der Waals surface area (Å²) in [6, 6.07) is 3.47. The molecular weight excluding hydrogens is 740 g/mol. The fourth-order valence-electron chi connectivity index (χ4n) is 7.98. The summed E-state index contributed by atoms with van der Waals surface area (Å²) in [5.74, 6) is -0.219. The first-order chi connectivity index (χ1) is 26.6. The molecule has 1 aromatic rings. The molecule has 1 aromatic carbocycles. The summed E-state index contributed by atoms with van der Waals surface area (Å²) in [7, 11) is 0. The number of phenols is 1. The van der Waals surface area contributed by atoms with E-state index in [2.05, 4.69) is 19.6 Å². The van der Waals surface area contributed by atoms with Crippen LogP contribution >= 0.6 is 0 Å². The first-order valence-electron chi connectivity index (χ1n) is 19.4. The van der Waals surface area contributed by atoms with Crippen molar-refractivity contribution in [2.45, 2.75) is 157 Å². The van der Waals surface area contributed by atoms with Crippen molar-refractivity contribution in [1.29, 1.82) is 0 Å². The average Bonchev–Trinajstić information content (AvgIpc) is 3.16. The van der Waals surface area contributed by atoms with E-state index in [-0.39, 0.29) is 23.3 Å². The summed E-state index contributed by atoms with van der Waals surface area (Å²) in [6.07, 6.45) is -18.8. The van der Waals surface area contributed by atoms with Gasteiger partial charge in [0, 0.05) is 11.5 Å². The first kappa shape index (κ1) is 44.8. The lowest BCUT2D eigenvalue weighted by atomic mass is 9.73. The molecule has 3 saturated heterocycles. The number of aliphatic hydroxyl groups is 10. The molecule has 3 fully saturated rings. The van der Waals surface area contributed by atoms with Gasteiger partial charge in [-0.3, -0.25) is 0 Å². The van der Waals surface area contributed by atoms with Gasteiger partial charge in [-0.15, -0.1) is 0 Å². The third-order valence-electron chi connectivity index (χ3n) is 11.3. The maximum absolute atomic E-state index is 11.7. The predicted molar refractivity (Wildman–Crippen MR) is 195 cm³/mol. The zero-order valence-corrected chi connectivity index (χ0v) is 32.0. The third-order valence-corrected chi connectivity index (χ3v) is 11.3. The fourth-order valence-corrected chi connectivity index (χ4v) is 7.98. The molecule has 0 saturated carbocycles. The number of phenolic OH excluding ortho intramolecular Hbond substituents is 1. The highest BCUT2D eigenvalue weighted by Gasteiger charge is 2.54. The molecule has 17 nitrogen and oxygen atoms in total. The Hall–Kier alpha value is -2.30. The molecule has 0 bridgehead atoms. The van der Waals surface area contributed by atoms with Crippen LogP contribution in [0.2, 0.25) is 0 Å². The minimum Gasteiger partial charge on any atom is -0.507 e. The summed E-state index contributed by atoms with van der Waals surface area (Å²) in [4.78, 5) is 0. The number of rotatable bonds is 15. The summed E-state index contributed by atoms with van der Waals surface area (Å²) >= 11 is 0. The molecule has 0 aromatic heterocycles. The van der Waals surface area contributed by atoms with E-state index in [4.69, 9.17) is 28.4 Å². The van der Waals surface area contributed by atoms with Crippen LogP contribution in [0.15, 0.2) is 35.9 Å². The molecule has 17 heteroatoms. The van der Waals surface area contributed by atoms with Crippen LogP contribution in [0.5, 0.6) is 11.5 Å². The van der Waals surface area contributed by atoms with Crippen molar-refractivity contribution >= 4 is 0 Å². The van der Waals surface area contributed by atoms with Crippen molar-refractivity contribution < 1.29 is 84.6 Å². The summed E-state index contributed by atoms with van der Waals surface area (Å²) in [5.41, 5.74) is 3.23. The van der Waals surface area contributed by atoms with E-state index in [0.717, 1.165) is 48.8 Å². The zero-order chi connectivity index (χ0) is 41.0. The monoisotopic (exact) mass is 800 g/mol. The maximum Gasteiger partial charge on any atom is 0.229 e. The van der Waals surface area contributed by atoms with Crippen LogP contribution in [0.3, 0.4) is 0 Å². The van der Waals surface area contributed by atoms with Crippen LogP contribution in [-0.2, 0) is 30.1 Å². The second-order valence-corrected chi connectivity index (χ2v) is 15.4. The molecule has 1 aliphatic carbocycles. The van der Waals surface area contributed by atoms with Crippen LogP contribution in [0.25, 0.3) is 0 Å². The van der Waals surface area contributed by atoms with E-state index >= 15 is 0 Å². The Bertz CT molecular complexity index is 1470. The minimum absolute atomic E-state index is 0.0224. The average molecular weight is 801 g/mol. The molecule has 1 unspecified atom stereocenters. The number of allylic oxidation sites excluding steroid dienone is 3. The second-order valence-electron chi connectivity index (χ2n) is 15.4. The molecule has 0 spiro atoms. The van der Waals surface area contributed by atoms with Crippen LogP contribution in [0.4, 0.5) is 0 Å². The van der Waals surface area contributed by atoms with Crippen molar-refractivity contribution in [3.05, 3.63) is 47.1 Å². The smallest absolute Gasteiger partial charge is 0.229 e. The largest absolute Gasteiger partial charge is 0.507 e. The van der Waals surface area contributed by atoms with E-state index in [1.165, 1.54) is 0 Å². The fraction of sp³-hybridized carbons (Fsp3) is 0.744. The molecule has 0 radical (unpaired) electrons. The van der Waals surface area contributed by atoms with Crippen LogP contribution in [0, 0.1) is 5.92 Å². The topological polar surface area (TPSA) is 278 Å². The lowest BCUT2D eigenvalue weighted by Gasteiger charge is -2.48. The van der Waals surface area contributed by atoms with E-state index in [0.29, 0.717) is 12.0 Å². The molecule has 0 amide bonds. The molecular formula is C39H60O17. The van der Waals surface area contributed by atoms with Crippen molar-refractivity contribution in [1.82, 2.24) is 0 Å². The number of aryl methyl sites for hydroxylation is 1. The minimum atomic E-state index is -1.97. The van der Waals surface area contributed by atoms with Crippen molar-refractivity contribution in [3.8, 4) is 11.5 Å². The Morgan fingerprint density at radius 3 is 1.82 bits per heavy atom. The highest BCUT2D eigenvalue weighted by atomic mass is 16.8. The molecule has 3 heterocycles. The van der Waals surface area contributed by atoms with E-state index in [1.807, 2.05) is 13.8 Å². The number of hydrogen-bond donors (Lipinski definition) is 11. The first-order valence-corrected chi connectivity index (χ1v) is 19.4. The van der Waals surface area contributed by atoms with Crippen molar-refractivity contribution in [2.24, 2.45) is 5.92 Å². The maximum atomic E-state index is 11.7. The van der Waals surface area contributed by atoms with Crippen LogP contribution in [-0.4, -0.2) is 168 Å². The number of hydrogen-bond acceptors (Lipinski definition) is 17. The van der Waals surface area contributed by atoms with Gasteiger partial charge < -0.3 is 84.6 Å². The number of aliphatic hydroxyl groups excluding tert-OH is 10. The summed E-state index contributed by atoms with van der Waals surface area (Å²) < 4.78 is 34.9. The second kappa shape index (κ2) is 19.6. The molecule has 3 aliphatic heterocycles. The van der Waals surface area contributed by atoms with E-state index < -0.39 is 112 Å². The number of ether oxygens (including phenoxy) is 6. The normalized spacial score (nSPS) is 40.6. The van der Waals surface area contributed by atoms with Crippen molar-refractivity contribution in [3.63, 3.8) is 0 Å². The van der Waals surface area contributed by atoms with Gasteiger partial charge in [0.1, 0.15) is 84.7 Å². The summed E-state index contributed by atoms with van der Waals surface area (Å²) in [5, 5.41) is 118. The van der Waals surface area contributed by atoms with Gasteiger partial charge >= 0.3 is 0 Å². The van der Waals surface area contributed by atoms with Gasteiger partial charge in [-0.05, 0) is 63.1 Å². The van der Waals surface area contributed by atoms with Gasteiger partial charge in [-0.1, -0.05) is 43.6 Å². The molecule has 5 rings (SSSR count). The Morgan fingerprint density at radius 1 is 0.732 bits per heavy atom. The Balaban J connectivity index is 1.44. The molecule has 17 atom stereocenters. The van der Waals surface area contributed by atoms with E-state index in [9.17, 15) is 56.2 Å². The highest BCUT2D eigenvalue weighted by molar-refractivity contribution is 5.52. The van der Waals surface area contributed by atoms with Gasteiger partial charge in [-0.25, -0.2) is 0 Å². The van der Waals surface area contributed by atoms with Crippen molar-refractivity contribution in [2.75, 3.05) is 19.8 Å². The van der Waals surface area contributed by atoms with Gasteiger partial charge in [0.25, 0.3) is 0 Å². The molecule has 11 N–H and O–H groups in total. The molecule has 4 aliphatic rings. The Morgan fingerprint density at radius 2 is 1.27 bits per heavy atom. The number of unbranched alkanes of at least 4 members (excludes halogenated alkanes) is 2. The third kappa shape index (κ3) is 9.59. The number of benzene rings is 1. The highest BCUT2D eigenvalue weighted by Crippen LogP contribution is 2.48.